The molecule has 10 heteroatoms. The van der Waals surface area contributed by atoms with E-state index in [1.165, 1.54) is 23.5 Å². The topological polar surface area (TPSA) is 108 Å². The van der Waals surface area contributed by atoms with Crippen molar-refractivity contribution in [1.82, 2.24) is 14.6 Å². The van der Waals surface area contributed by atoms with Gasteiger partial charge < -0.3 is 10.6 Å². The summed E-state index contributed by atoms with van der Waals surface area (Å²) in [5, 5.41) is 8.00. The van der Waals surface area contributed by atoms with E-state index < -0.39 is 10.0 Å². The van der Waals surface area contributed by atoms with Gasteiger partial charge in [0.25, 0.3) is 0 Å². The van der Waals surface area contributed by atoms with Crippen LogP contribution in [-0.4, -0.2) is 49.2 Å². The van der Waals surface area contributed by atoms with E-state index in [0.717, 1.165) is 14.9 Å². The number of sulfonamides is 1. The summed E-state index contributed by atoms with van der Waals surface area (Å²) in [5.41, 5.74) is 2.00. The first-order valence-corrected chi connectivity index (χ1v) is 11.9. The van der Waals surface area contributed by atoms with Gasteiger partial charge in [0.15, 0.2) is 0 Å². The number of piperazine rings is 1. The molecule has 4 rings (SSSR count). The fourth-order valence-corrected chi connectivity index (χ4v) is 5.44. The monoisotopic (exact) mass is 456 g/mol. The molecule has 2 amide bonds. The summed E-state index contributed by atoms with van der Waals surface area (Å²) in [4.78, 5) is 28.6. The molecule has 0 spiro atoms. The number of aromatic nitrogens is 1. The number of carbonyl (C=O) groups excluding carboxylic acids is 2. The molecule has 0 atom stereocenters. The van der Waals surface area contributed by atoms with Crippen molar-refractivity contribution in [2.24, 2.45) is 0 Å². The van der Waals surface area contributed by atoms with Gasteiger partial charge in [-0.15, -0.1) is 11.3 Å². The first-order chi connectivity index (χ1) is 14.9. The Bertz CT molecular complexity index is 1210. The Morgan fingerprint density at radius 1 is 1.16 bits per heavy atom. The largest absolute Gasteiger partial charge is 0.354 e. The van der Waals surface area contributed by atoms with E-state index in [9.17, 15) is 18.0 Å². The van der Waals surface area contributed by atoms with Crippen LogP contribution >= 0.6 is 11.3 Å². The maximum Gasteiger partial charge on any atom is 0.243 e. The van der Waals surface area contributed by atoms with Gasteiger partial charge >= 0.3 is 0 Å². The molecule has 0 radical (unpaired) electrons. The molecule has 160 valence electrons. The molecule has 3 aromatic rings. The zero-order chi connectivity index (χ0) is 21.8. The molecule has 8 nitrogen and oxygen atoms in total. The molecule has 1 aliphatic rings. The quantitative estimate of drug-likeness (QED) is 0.591. The first-order valence-electron chi connectivity index (χ1n) is 9.58. The third-order valence-corrected chi connectivity index (χ3v) is 7.45. The van der Waals surface area contributed by atoms with Gasteiger partial charge in [-0.1, -0.05) is 36.4 Å². The summed E-state index contributed by atoms with van der Waals surface area (Å²) >= 11 is 1.46. The van der Waals surface area contributed by atoms with Crippen molar-refractivity contribution >= 4 is 38.9 Å². The molecule has 2 heterocycles. The zero-order valence-electron chi connectivity index (χ0n) is 16.4. The predicted octanol–water partition coefficient (Wildman–Crippen LogP) is 2.11. The lowest BCUT2D eigenvalue weighted by molar-refractivity contribution is -0.122. The van der Waals surface area contributed by atoms with Crippen LogP contribution in [0.5, 0.6) is 0 Å². The van der Waals surface area contributed by atoms with E-state index >= 15 is 0 Å². The van der Waals surface area contributed by atoms with Crippen molar-refractivity contribution in [1.29, 1.82) is 0 Å². The van der Waals surface area contributed by atoms with E-state index in [1.807, 2.05) is 35.7 Å². The van der Waals surface area contributed by atoms with E-state index in [2.05, 4.69) is 15.6 Å². The van der Waals surface area contributed by atoms with Gasteiger partial charge in [-0.25, -0.2) is 13.4 Å². The number of thiazole rings is 1. The Kier molecular flexibility index (Phi) is 6.12. The third kappa shape index (κ3) is 4.98. The summed E-state index contributed by atoms with van der Waals surface area (Å²) in [6, 6.07) is 15.7. The third-order valence-electron chi connectivity index (χ3n) is 4.67. The van der Waals surface area contributed by atoms with Crippen LogP contribution in [0.2, 0.25) is 0 Å². The Morgan fingerprint density at radius 2 is 1.97 bits per heavy atom. The van der Waals surface area contributed by atoms with E-state index in [4.69, 9.17) is 0 Å². The number of anilines is 1. The van der Waals surface area contributed by atoms with Crippen molar-refractivity contribution in [3.8, 4) is 10.6 Å². The normalized spacial score (nSPS) is 14.8. The lowest BCUT2D eigenvalue weighted by Gasteiger charge is -2.26. The molecular weight excluding hydrogens is 436 g/mol. The molecule has 1 aromatic heterocycles. The minimum atomic E-state index is -3.83. The second-order valence-corrected chi connectivity index (χ2v) is 9.75. The van der Waals surface area contributed by atoms with Crippen molar-refractivity contribution < 1.29 is 18.0 Å². The van der Waals surface area contributed by atoms with Gasteiger partial charge in [-0.3, -0.25) is 9.59 Å². The maximum absolute atomic E-state index is 12.8. The second kappa shape index (κ2) is 8.96. The summed E-state index contributed by atoms with van der Waals surface area (Å²) in [5.74, 6) is -0.630. The Morgan fingerprint density at radius 3 is 2.74 bits per heavy atom. The number of nitrogens with one attached hydrogen (secondary N) is 2. The zero-order valence-corrected chi connectivity index (χ0v) is 18.1. The van der Waals surface area contributed by atoms with E-state index in [0.29, 0.717) is 11.4 Å². The smallest absolute Gasteiger partial charge is 0.243 e. The SMILES string of the molecule is O=C1CN(S(=O)(=O)c2cccc(NC(=O)Cc3csc(-c4ccccc4)n3)c2)CCN1. The highest BCUT2D eigenvalue weighted by Gasteiger charge is 2.29. The number of amides is 2. The van der Waals surface area contributed by atoms with E-state index in [1.54, 1.807) is 12.1 Å². The van der Waals surface area contributed by atoms with Crippen LogP contribution < -0.4 is 10.6 Å². The van der Waals surface area contributed by atoms with Gasteiger partial charge in [0.2, 0.25) is 21.8 Å². The fraction of sp³-hybridized carbons (Fsp3) is 0.190. The minimum Gasteiger partial charge on any atom is -0.354 e. The van der Waals surface area contributed by atoms with Crippen LogP contribution in [0.3, 0.4) is 0 Å². The van der Waals surface area contributed by atoms with Crippen molar-refractivity contribution in [2.45, 2.75) is 11.3 Å². The number of rotatable bonds is 6. The highest BCUT2D eigenvalue weighted by Crippen LogP contribution is 2.24. The highest BCUT2D eigenvalue weighted by atomic mass is 32.2. The molecule has 1 saturated heterocycles. The van der Waals surface area contributed by atoms with E-state index in [-0.39, 0.29) is 42.8 Å². The molecule has 1 fully saturated rings. The average Bonchev–Trinajstić information content (AvgIpc) is 3.23. The number of nitrogens with zero attached hydrogens (tertiary/aromatic N) is 2. The standard InChI is InChI=1S/C21H20N4O4S2/c26-19(12-17-14-30-21(24-17)15-5-2-1-3-6-15)23-16-7-4-8-18(11-16)31(28,29)25-10-9-22-20(27)13-25/h1-8,11,14H,9-10,12-13H2,(H,22,27)(H,23,26). The number of carbonyl (C=O) groups is 2. The van der Waals surface area contributed by atoms with Crippen LogP contribution in [0.4, 0.5) is 5.69 Å². The Balaban J connectivity index is 1.44. The summed E-state index contributed by atoms with van der Waals surface area (Å²) in [6.07, 6.45) is 0.0760. The Hall–Kier alpha value is -3.08. The molecule has 2 N–H and O–H groups in total. The Labute approximate surface area is 184 Å². The molecule has 2 aromatic carbocycles. The van der Waals surface area contributed by atoms with Gasteiger partial charge in [-0.05, 0) is 18.2 Å². The number of hydrogen-bond donors (Lipinski definition) is 2. The molecule has 0 saturated carbocycles. The molecule has 0 aliphatic carbocycles. The first kappa shape index (κ1) is 21.2. The maximum atomic E-state index is 12.8. The fourth-order valence-electron chi connectivity index (χ4n) is 3.17. The summed E-state index contributed by atoms with van der Waals surface area (Å²) < 4.78 is 26.8. The lowest BCUT2D eigenvalue weighted by Crippen LogP contribution is -2.49. The van der Waals surface area contributed by atoms with Crippen LogP contribution in [0.25, 0.3) is 10.6 Å². The van der Waals surface area contributed by atoms with Gasteiger partial charge in [0.05, 0.1) is 23.6 Å². The average molecular weight is 457 g/mol. The van der Waals surface area contributed by atoms with Crippen LogP contribution in [0, 0.1) is 0 Å². The minimum absolute atomic E-state index is 0.0278. The van der Waals surface area contributed by atoms with Crippen LogP contribution in [0.1, 0.15) is 5.69 Å². The van der Waals surface area contributed by atoms with Gasteiger partial charge in [-0.2, -0.15) is 4.31 Å². The highest BCUT2D eigenvalue weighted by molar-refractivity contribution is 7.89. The summed E-state index contributed by atoms with van der Waals surface area (Å²) in [6.45, 7) is 0.262. The predicted molar refractivity (Wildman–Crippen MR) is 118 cm³/mol. The molecule has 0 unspecified atom stereocenters. The molecule has 0 bridgehead atoms. The molecule has 31 heavy (non-hydrogen) atoms. The summed E-state index contributed by atoms with van der Waals surface area (Å²) in [7, 11) is -3.83. The van der Waals surface area contributed by atoms with Crippen molar-refractivity contribution in [2.75, 3.05) is 25.0 Å². The second-order valence-electron chi connectivity index (χ2n) is 6.95. The number of hydrogen-bond acceptors (Lipinski definition) is 6. The van der Waals surface area contributed by atoms with Gasteiger partial charge in [0.1, 0.15) is 5.01 Å². The number of benzene rings is 2. The molecular formula is C21H20N4O4S2. The van der Waals surface area contributed by atoms with Crippen LogP contribution in [0.15, 0.2) is 64.9 Å². The van der Waals surface area contributed by atoms with Crippen LogP contribution in [-0.2, 0) is 26.0 Å². The van der Waals surface area contributed by atoms with Gasteiger partial charge in [0, 0.05) is 29.7 Å². The van der Waals surface area contributed by atoms with Crippen molar-refractivity contribution in [3.63, 3.8) is 0 Å². The molecule has 1 aliphatic heterocycles. The lowest BCUT2D eigenvalue weighted by atomic mass is 10.2. The van der Waals surface area contributed by atoms with Crippen molar-refractivity contribution in [3.05, 3.63) is 65.7 Å².